The molecule has 4 aromatic heterocycles. The van der Waals surface area contributed by atoms with Crippen molar-refractivity contribution in [3.8, 4) is 0 Å². The van der Waals surface area contributed by atoms with E-state index in [4.69, 9.17) is 46.3 Å². The Morgan fingerprint density at radius 2 is 1.78 bits per heavy atom. The number of pyridine rings is 1. The summed E-state index contributed by atoms with van der Waals surface area (Å²) in [5.41, 5.74) is 10.5. The SMILES string of the molecule is Nc1nc2c(nnn2[C@@H]2O[C@H](CO)[C@H](F)[C@H]2OP(O)(=S)OC[C@H]2O[C@@H](n3nnc4c(N)ccnc43)[C@@H](F)[C@@H]2O[P+](=O)O)c(=O)[nH]1. The van der Waals surface area contributed by atoms with E-state index in [-0.39, 0.29) is 34.0 Å². The fourth-order valence-electron chi connectivity index (χ4n) is 4.82. The Morgan fingerprint density at radius 3 is 2.49 bits per heavy atom. The predicted molar refractivity (Wildman–Crippen MR) is 147 cm³/mol. The van der Waals surface area contributed by atoms with Crippen molar-refractivity contribution in [1.29, 1.82) is 0 Å². The highest BCUT2D eigenvalue weighted by molar-refractivity contribution is 8.07. The third kappa shape index (κ3) is 5.90. The van der Waals surface area contributed by atoms with Gasteiger partial charge in [0, 0.05) is 10.8 Å². The number of nitrogens with two attached hydrogens (primary N) is 2. The first-order chi connectivity index (χ1) is 21.4. The average Bonchev–Trinajstić information content (AvgIpc) is 3.73. The second kappa shape index (κ2) is 12.1. The molecule has 2 saturated heterocycles. The van der Waals surface area contributed by atoms with Crippen LogP contribution >= 0.6 is 15.0 Å². The number of alkyl halides is 2. The van der Waals surface area contributed by atoms with Gasteiger partial charge in [0.15, 0.2) is 53.2 Å². The summed E-state index contributed by atoms with van der Waals surface area (Å²) >= 11 is 5.06. The van der Waals surface area contributed by atoms with Gasteiger partial charge in [-0.3, -0.25) is 14.3 Å². The van der Waals surface area contributed by atoms with Crippen molar-refractivity contribution >= 4 is 60.7 Å². The van der Waals surface area contributed by atoms with Gasteiger partial charge in [-0.1, -0.05) is 10.4 Å². The molecule has 6 rings (SSSR count). The van der Waals surface area contributed by atoms with Gasteiger partial charge >= 0.3 is 15.0 Å². The Bertz CT molecular complexity index is 1870. The highest BCUT2D eigenvalue weighted by Gasteiger charge is 2.54. The summed E-state index contributed by atoms with van der Waals surface area (Å²) in [5, 5.41) is 24.7. The molecule has 6 heterocycles. The summed E-state index contributed by atoms with van der Waals surface area (Å²) in [7, 11) is -3.35. The van der Waals surface area contributed by atoms with E-state index in [0.717, 1.165) is 9.36 Å². The molecule has 0 spiro atoms. The van der Waals surface area contributed by atoms with Crippen LogP contribution in [0.15, 0.2) is 17.1 Å². The number of aliphatic hydroxyl groups is 1. The number of aromatic nitrogens is 9. The number of halogens is 2. The van der Waals surface area contributed by atoms with Crippen LogP contribution in [0.3, 0.4) is 0 Å². The Hall–Kier alpha value is -3.28. The third-order valence-electron chi connectivity index (χ3n) is 6.81. The number of nitrogens with one attached hydrogen (secondary N) is 1. The number of H-pyrrole nitrogens is 1. The van der Waals surface area contributed by atoms with Gasteiger partial charge in [0.2, 0.25) is 5.95 Å². The molecule has 2 aliphatic heterocycles. The van der Waals surface area contributed by atoms with Crippen molar-refractivity contribution in [2.24, 2.45) is 0 Å². The van der Waals surface area contributed by atoms with E-state index < -0.39 is 83.0 Å². The lowest BCUT2D eigenvalue weighted by Crippen LogP contribution is -2.34. The van der Waals surface area contributed by atoms with Gasteiger partial charge in [0.25, 0.3) is 5.56 Å². The molecule has 2 aliphatic rings. The smallest absolute Gasteiger partial charge is 0.397 e. The molecule has 8 N–H and O–H groups in total. The Morgan fingerprint density at radius 1 is 1.09 bits per heavy atom. The van der Waals surface area contributed by atoms with Crippen LogP contribution in [-0.2, 0) is 39.4 Å². The van der Waals surface area contributed by atoms with E-state index in [9.17, 15) is 24.3 Å². The lowest BCUT2D eigenvalue weighted by Gasteiger charge is -2.25. The van der Waals surface area contributed by atoms with Crippen molar-refractivity contribution in [3.63, 3.8) is 0 Å². The zero-order chi connectivity index (χ0) is 32.2. The lowest BCUT2D eigenvalue weighted by atomic mass is 10.1. The van der Waals surface area contributed by atoms with Gasteiger partial charge in [0.1, 0.15) is 18.3 Å². The molecule has 0 bridgehead atoms. The van der Waals surface area contributed by atoms with Crippen molar-refractivity contribution in [3.05, 3.63) is 22.6 Å². The zero-order valence-electron chi connectivity index (χ0n) is 22.2. The maximum absolute atomic E-state index is 15.6. The number of ether oxygens (including phenoxy) is 2. The molecule has 0 saturated carbocycles. The molecule has 2 unspecified atom stereocenters. The van der Waals surface area contributed by atoms with Crippen LogP contribution in [0, 0.1) is 0 Å². The molecule has 0 aliphatic carbocycles. The Balaban J connectivity index is 1.22. The van der Waals surface area contributed by atoms with Gasteiger partial charge in [-0.05, 0) is 17.9 Å². The molecule has 0 aromatic carbocycles. The van der Waals surface area contributed by atoms with Gasteiger partial charge in [-0.25, -0.2) is 13.8 Å². The summed E-state index contributed by atoms with van der Waals surface area (Å²) < 4.78 is 71.0. The van der Waals surface area contributed by atoms with Crippen LogP contribution in [0.5, 0.6) is 0 Å². The number of anilines is 2. The molecule has 4 aromatic rings. The van der Waals surface area contributed by atoms with E-state index in [1.165, 1.54) is 12.3 Å². The molecule has 26 heteroatoms. The number of hydrogen-bond donors (Lipinski definition) is 6. The lowest BCUT2D eigenvalue weighted by molar-refractivity contribution is -0.0603. The van der Waals surface area contributed by atoms with Crippen molar-refractivity contribution < 1.29 is 51.3 Å². The van der Waals surface area contributed by atoms with Crippen LogP contribution in [0.4, 0.5) is 20.4 Å². The maximum atomic E-state index is 15.6. The minimum atomic E-state index is -4.49. The molecular weight excluding hydrogens is 674 g/mol. The van der Waals surface area contributed by atoms with Crippen LogP contribution in [0.1, 0.15) is 12.5 Å². The quantitative estimate of drug-likeness (QED) is 0.104. The number of aromatic amines is 1. The summed E-state index contributed by atoms with van der Waals surface area (Å²) in [4.78, 5) is 42.6. The number of hydrogen-bond acceptors (Lipinski definition) is 17. The summed E-state index contributed by atoms with van der Waals surface area (Å²) in [6, 6.07) is 1.44. The Kier molecular flexibility index (Phi) is 8.56. The highest BCUT2D eigenvalue weighted by Crippen LogP contribution is 2.51. The summed E-state index contributed by atoms with van der Waals surface area (Å²) in [5.74, 6) is -0.321. The summed E-state index contributed by atoms with van der Waals surface area (Å²) in [6.07, 6.45) is -12.7. The van der Waals surface area contributed by atoms with Gasteiger partial charge in [0.05, 0.1) is 18.9 Å². The fourth-order valence-corrected chi connectivity index (χ4v) is 6.69. The molecule has 0 amide bonds. The van der Waals surface area contributed by atoms with E-state index in [1.807, 2.05) is 0 Å². The van der Waals surface area contributed by atoms with Crippen molar-refractivity contribution in [2.75, 3.05) is 24.7 Å². The standard InChI is InChI=1S/C19H21F2N11O10P2S/c20-8-6(3-33)39-18(32-15-11(28-30-32)16(34)26-19(23)25-15)13(8)42-44(37,45)38-4-7-12(41-43(35)36)9(21)17(40-7)31-14-10(27-29-31)5(22)1-2-24-14/h1-2,6-9,12-13,17-18,33H,3-4H2,(H6-,22,23,24,25,26,29,30,34,35,36,37,45)/p+1/t6-,7-,8+,9+,12-,13-,17-,18-,44?/m1/s1. The van der Waals surface area contributed by atoms with E-state index >= 15 is 8.78 Å². The van der Waals surface area contributed by atoms with E-state index in [0.29, 0.717) is 0 Å². The fraction of sp³-hybridized carbons (Fsp3) is 0.526. The first kappa shape index (κ1) is 31.7. The first-order valence-corrected chi connectivity index (χ1v) is 16.3. The number of aliphatic hydroxyl groups excluding tert-OH is 1. The van der Waals surface area contributed by atoms with E-state index in [1.54, 1.807) is 0 Å². The first-order valence-electron chi connectivity index (χ1n) is 12.6. The third-order valence-corrected chi connectivity index (χ3v) is 8.79. The van der Waals surface area contributed by atoms with Crippen LogP contribution in [-0.4, -0.2) is 110 Å². The molecule has 242 valence electrons. The number of rotatable bonds is 10. The number of nitrogen functional groups attached to an aromatic ring is 2. The second-order valence-corrected chi connectivity index (χ2v) is 13.1. The summed E-state index contributed by atoms with van der Waals surface area (Å²) in [6.45, 7) is -6.12. The van der Waals surface area contributed by atoms with Gasteiger partial charge in [-0.15, -0.1) is 19.6 Å². The van der Waals surface area contributed by atoms with Crippen LogP contribution in [0.25, 0.3) is 22.3 Å². The maximum Gasteiger partial charge on any atom is 0.695 e. The molecule has 0 radical (unpaired) electrons. The van der Waals surface area contributed by atoms with Crippen molar-refractivity contribution in [1.82, 2.24) is 44.9 Å². The number of nitrogens with zero attached hydrogens (tertiary/aromatic N) is 8. The van der Waals surface area contributed by atoms with Crippen molar-refractivity contribution in [2.45, 2.75) is 49.2 Å². The monoisotopic (exact) mass is 696 g/mol. The molecule has 10 atom stereocenters. The molecular formula is C19H22F2N11O10P2S+. The molecule has 2 fully saturated rings. The minimum Gasteiger partial charge on any atom is -0.397 e. The Labute approximate surface area is 253 Å². The van der Waals surface area contributed by atoms with Crippen LogP contribution in [0.2, 0.25) is 0 Å². The predicted octanol–water partition coefficient (Wildman–Crippen LogP) is -1.36. The van der Waals surface area contributed by atoms with Gasteiger partial charge < -0.3 is 35.5 Å². The minimum absolute atomic E-state index is 0.0329. The largest absolute Gasteiger partial charge is 0.695 e. The van der Waals surface area contributed by atoms with Crippen LogP contribution < -0.4 is 17.0 Å². The molecule has 21 nitrogen and oxygen atoms in total. The van der Waals surface area contributed by atoms with Gasteiger partial charge in [-0.2, -0.15) is 14.3 Å². The highest BCUT2D eigenvalue weighted by atomic mass is 32.5. The average molecular weight is 696 g/mol. The van der Waals surface area contributed by atoms with E-state index in [2.05, 4.69) is 35.6 Å². The zero-order valence-corrected chi connectivity index (χ0v) is 24.8. The number of fused-ring (bicyclic) bond motifs is 2. The molecule has 45 heavy (non-hydrogen) atoms. The topological polar surface area (TPSA) is 296 Å². The second-order valence-electron chi connectivity index (χ2n) is 9.61. The normalized spacial score (nSPS) is 30.3.